The van der Waals surface area contributed by atoms with Crippen LogP contribution in [0.25, 0.3) is 10.9 Å². The average molecular weight is 323 g/mol. The van der Waals surface area contributed by atoms with Crippen LogP contribution in [0, 0.1) is 0 Å². The zero-order chi connectivity index (χ0) is 16.5. The molecule has 1 saturated heterocycles. The molecule has 0 amide bonds. The number of fused-ring (bicyclic) bond motifs is 2. The number of hydrogen-bond acceptors (Lipinski definition) is 3. The first-order chi connectivity index (χ1) is 11.9. The topological polar surface area (TPSA) is 49.1 Å². The summed E-state index contributed by atoms with van der Waals surface area (Å²) in [5.41, 5.74) is 3.98. The molecule has 126 valence electrons. The van der Waals surface area contributed by atoms with E-state index < -0.39 is 0 Å². The SMILES string of the molecule is C1COCCN1.c1ccc2[nH]ccc2c1.c1ccc2c(c1)CCN2. The second kappa shape index (κ2) is 9.11. The molecule has 2 aromatic carbocycles. The number of hydrogen-bond donors (Lipinski definition) is 3. The number of para-hydroxylation sites is 2. The molecule has 0 unspecified atom stereocenters. The van der Waals surface area contributed by atoms with Gasteiger partial charge < -0.3 is 20.4 Å². The third kappa shape index (κ3) is 4.85. The number of anilines is 1. The number of H-pyrrole nitrogens is 1. The van der Waals surface area contributed by atoms with Gasteiger partial charge in [0.15, 0.2) is 0 Å². The smallest absolute Gasteiger partial charge is 0.0591 e. The van der Waals surface area contributed by atoms with E-state index in [9.17, 15) is 0 Å². The highest BCUT2D eigenvalue weighted by atomic mass is 16.5. The molecule has 0 bridgehead atoms. The first kappa shape index (κ1) is 16.6. The van der Waals surface area contributed by atoms with E-state index in [0.717, 1.165) is 32.8 Å². The van der Waals surface area contributed by atoms with E-state index in [-0.39, 0.29) is 0 Å². The maximum absolute atomic E-state index is 5.01. The largest absolute Gasteiger partial charge is 0.384 e. The van der Waals surface area contributed by atoms with Crippen molar-refractivity contribution in [2.24, 2.45) is 0 Å². The van der Waals surface area contributed by atoms with Gasteiger partial charge in [-0.3, -0.25) is 0 Å². The molecule has 2 aliphatic heterocycles. The highest BCUT2D eigenvalue weighted by Crippen LogP contribution is 2.19. The molecule has 1 aromatic heterocycles. The first-order valence-corrected chi connectivity index (χ1v) is 8.56. The fraction of sp³-hybridized carbons (Fsp3) is 0.300. The van der Waals surface area contributed by atoms with E-state index in [0.29, 0.717) is 0 Å². The second-order valence-corrected chi connectivity index (χ2v) is 5.76. The maximum Gasteiger partial charge on any atom is 0.0591 e. The predicted molar refractivity (Wildman–Crippen MR) is 101 cm³/mol. The van der Waals surface area contributed by atoms with Crippen molar-refractivity contribution in [3.8, 4) is 0 Å². The molecular weight excluding hydrogens is 298 g/mol. The van der Waals surface area contributed by atoms with Gasteiger partial charge in [-0.25, -0.2) is 0 Å². The number of ether oxygens (including phenoxy) is 1. The molecule has 1 fully saturated rings. The Morgan fingerprint density at radius 3 is 2.29 bits per heavy atom. The van der Waals surface area contributed by atoms with Gasteiger partial charge in [0.25, 0.3) is 0 Å². The van der Waals surface area contributed by atoms with Crippen molar-refractivity contribution < 1.29 is 4.74 Å². The Bertz CT molecular complexity index is 670. The van der Waals surface area contributed by atoms with E-state index in [1.165, 1.54) is 28.6 Å². The summed E-state index contributed by atoms with van der Waals surface area (Å²) in [7, 11) is 0. The summed E-state index contributed by atoms with van der Waals surface area (Å²) in [6.45, 7) is 4.94. The highest BCUT2D eigenvalue weighted by Gasteiger charge is 2.05. The number of benzene rings is 2. The minimum absolute atomic E-state index is 0.889. The van der Waals surface area contributed by atoms with Crippen LogP contribution >= 0.6 is 0 Å². The highest BCUT2D eigenvalue weighted by molar-refractivity contribution is 5.78. The van der Waals surface area contributed by atoms with Gasteiger partial charge in [-0.2, -0.15) is 0 Å². The summed E-state index contributed by atoms with van der Waals surface area (Å²) < 4.78 is 5.01. The molecule has 0 saturated carbocycles. The van der Waals surface area contributed by atoms with Gasteiger partial charge in [0.1, 0.15) is 0 Å². The summed E-state index contributed by atoms with van der Waals surface area (Å²) in [5.74, 6) is 0. The summed E-state index contributed by atoms with van der Waals surface area (Å²) >= 11 is 0. The molecule has 3 aromatic rings. The number of morpholine rings is 1. The first-order valence-electron chi connectivity index (χ1n) is 8.56. The molecule has 3 N–H and O–H groups in total. The van der Waals surface area contributed by atoms with Crippen LogP contribution in [-0.4, -0.2) is 37.8 Å². The maximum atomic E-state index is 5.01. The van der Waals surface area contributed by atoms with Gasteiger partial charge >= 0.3 is 0 Å². The Hall–Kier alpha value is -2.30. The average Bonchev–Trinajstić information content (AvgIpc) is 3.33. The third-order valence-electron chi connectivity index (χ3n) is 4.04. The third-order valence-corrected chi connectivity index (χ3v) is 4.04. The molecule has 4 heteroatoms. The Kier molecular flexibility index (Phi) is 6.28. The number of aromatic amines is 1. The Morgan fingerprint density at radius 2 is 1.58 bits per heavy atom. The van der Waals surface area contributed by atoms with Crippen molar-refractivity contribution in [2.75, 3.05) is 38.2 Å². The van der Waals surface area contributed by atoms with E-state index in [1.54, 1.807) is 0 Å². The zero-order valence-corrected chi connectivity index (χ0v) is 13.9. The Morgan fingerprint density at radius 1 is 0.792 bits per heavy atom. The predicted octanol–water partition coefficient (Wildman–Crippen LogP) is 3.43. The molecule has 0 atom stereocenters. The lowest BCUT2D eigenvalue weighted by Crippen LogP contribution is -2.30. The van der Waals surface area contributed by atoms with Crippen molar-refractivity contribution in [1.29, 1.82) is 0 Å². The van der Waals surface area contributed by atoms with E-state index in [4.69, 9.17) is 4.74 Å². The molecule has 24 heavy (non-hydrogen) atoms. The molecule has 3 heterocycles. The summed E-state index contributed by atoms with van der Waals surface area (Å²) in [5, 5.41) is 7.74. The fourth-order valence-corrected chi connectivity index (χ4v) is 2.75. The van der Waals surface area contributed by atoms with Gasteiger partial charge in [-0.1, -0.05) is 36.4 Å². The van der Waals surface area contributed by atoms with Gasteiger partial charge in [0.05, 0.1) is 13.2 Å². The molecule has 5 rings (SSSR count). The summed E-state index contributed by atoms with van der Waals surface area (Å²) in [4.78, 5) is 3.12. The van der Waals surface area contributed by atoms with Crippen molar-refractivity contribution in [3.63, 3.8) is 0 Å². The fourth-order valence-electron chi connectivity index (χ4n) is 2.75. The quantitative estimate of drug-likeness (QED) is 0.594. The normalized spacial score (nSPS) is 15.3. The molecule has 2 aliphatic rings. The molecule has 0 radical (unpaired) electrons. The van der Waals surface area contributed by atoms with Crippen LogP contribution in [0.1, 0.15) is 5.56 Å². The van der Waals surface area contributed by atoms with E-state index >= 15 is 0 Å². The van der Waals surface area contributed by atoms with Crippen LogP contribution in [0.15, 0.2) is 60.8 Å². The molecular formula is C20H25N3O. The van der Waals surface area contributed by atoms with Crippen LogP contribution in [0.4, 0.5) is 5.69 Å². The lowest BCUT2D eigenvalue weighted by atomic mass is 10.2. The molecule has 4 nitrogen and oxygen atoms in total. The lowest BCUT2D eigenvalue weighted by Gasteiger charge is -2.10. The zero-order valence-electron chi connectivity index (χ0n) is 13.9. The van der Waals surface area contributed by atoms with E-state index in [1.807, 2.05) is 18.3 Å². The Labute approximate surface area is 143 Å². The van der Waals surface area contributed by atoms with Gasteiger partial charge in [0, 0.05) is 37.0 Å². The van der Waals surface area contributed by atoms with Gasteiger partial charge in [-0.05, 0) is 35.6 Å². The summed E-state index contributed by atoms with van der Waals surface area (Å²) in [6, 6.07) is 18.7. The minimum Gasteiger partial charge on any atom is -0.384 e. The van der Waals surface area contributed by atoms with Crippen LogP contribution < -0.4 is 10.6 Å². The van der Waals surface area contributed by atoms with Crippen molar-refractivity contribution in [3.05, 3.63) is 66.4 Å². The Balaban J connectivity index is 0.000000108. The molecule has 0 aliphatic carbocycles. The van der Waals surface area contributed by atoms with Gasteiger partial charge in [0.2, 0.25) is 0 Å². The van der Waals surface area contributed by atoms with Crippen molar-refractivity contribution in [1.82, 2.24) is 10.3 Å². The lowest BCUT2D eigenvalue weighted by molar-refractivity contribution is 0.109. The van der Waals surface area contributed by atoms with Crippen LogP contribution in [0.2, 0.25) is 0 Å². The van der Waals surface area contributed by atoms with Crippen LogP contribution in [-0.2, 0) is 11.2 Å². The standard InChI is InChI=1S/C8H9N.C8H7N.C4H9NO/c2*1-2-4-8-7(3-1)5-6-9-8;1-3-6-4-2-5-1/h1-4,9H,5-6H2;1-6,9H;5H,1-4H2. The van der Waals surface area contributed by atoms with Crippen molar-refractivity contribution in [2.45, 2.75) is 6.42 Å². The minimum atomic E-state index is 0.889. The van der Waals surface area contributed by atoms with Gasteiger partial charge in [-0.15, -0.1) is 0 Å². The van der Waals surface area contributed by atoms with Crippen LogP contribution in [0.5, 0.6) is 0 Å². The second-order valence-electron chi connectivity index (χ2n) is 5.76. The van der Waals surface area contributed by atoms with Crippen molar-refractivity contribution >= 4 is 16.6 Å². The molecule has 0 spiro atoms. The number of nitrogens with one attached hydrogen (secondary N) is 3. The monoisotopic (exact) mass is 323 g/mol. The number of aromatic nitrogens is 1. The van der Waals surface area contributed by atoms with E-state index in [2.05, 4.69) is 58.1 Å². The van der Waals surface area contributed by atoms with Crippen LogP contribution in [0.3, 0.4) is 0 Å². The summed E-state index contributed by atoms with van der Waals surface area (Å²) in [6.07, 6.45) is 3.14. The number of rotatable bonds is 0.